The van der Waals surface area contributed by atoms with Crippen LogP contribution in [0.25, 0.3) is 17.2 Å². The molecule has 1 N–H and O–H groups in total. The smallest absolute Gasteiger partial charge is 0.266 e. The molecule has 0 aliphatic carbocycles. The van der Waals surface area contributed by atoms with E-state index in [9.17, 15) is 13.2 Å². The summed E-state index contributed by atoms with van der Waals surface area (Å²) < 4.78 is 44.0. The van der Waals surface area contributed by atoms with E-state index in [1.165, 1.54) is 11.6 Å². The van der Waals surface area contributed by atoms with E-state index < -0.39 is 11.9 Å². The molecule has 0 amide bonds. The summed E-state index contributed by atoms with van der Waals surface area (Å²) in [6.45, 7) is 0.537. The van der Waals surface area contributed by atoms with Gasteiger partial charge in [-0.2, -0.15) is 28.5 Å². The molecular formula is C17H13BrF3N7S. The van der Waals surface area contributed by atoms with Gasteiger partial charge in [0.1, 0.15) is 5.69 Å². The number of hydrogen-bond donors (Lipinski definition) is 1. The maximum atomic E-state index is 13.2. The van der Waals surface area contributed by atoms with E-state index >= 15 is 0 Å². The van der Waals surface area contributed by atoms with Crippen LogP contribution in [0.4, 0.5) is 13.2 Å². The number of halogens is 4. The summed E-state index contributed by atoms with van der Waals surface area (Å²) >= 11 is 8.32. The maximum absolute atomic E-state index is 13.2. The number of benzene rings is 1. The lowest BCUT2D eigenvalue weighted by Gasteiger charge is -2.06. The molecule has 7 nitrogen and oxygen atoms in total. The van der Waals surface area contributed by atoms with Crippen molar-refractivity contribution in [1.29, 1.82) is 0 Å². The quantitative estimate of drug-likeness (QED) is 0.438. The second kappa shape index (κ2) is 7.26. The topological polar surface area (TPSA) is 69.2 Å². The zero-order chi connectivity index (χ0) is 20.8. The zero-order valence-electron chi connectivity index (χ0n) is 14.9. The molecule has 0 atom stereocenters. The Morgan fingerprint density at radius 3 is 2.59 bits per heavy atom. The summed E-state index contributed by atoms with van der Waals surface area (Å²) in [5, 5.41) is 14.7. The van der Waals surface area contributed by atoms with Crippen LogP contribution in [0.15, 0.2) is 47.2 Å². The average Bonchev–Trinajstić information content (AvgIpc) is 3.33. The van der Waals surface area contributed by atoms with Gasteiger partial charge in [0.15, 0.2) is 16.3 Å². The molecule has 0 aliphatic rings. The number of aromatic nitrogens is 7. The number of hydrogen-bond acceptors (Lipinski definition) is 4. The van der Waals surface area contributed by atoms with Crippen molar-refractivity contribution < 1.29 is 13.2 Å². The summed E-state index contributed by atoms with van der Waals surface area (Å²) in [6, 6.07) is 9.74. The van der Waals surface area contributed by atoms with Crippen molar-refractivity contribution in [3.63, 3.8) is 0 Å². The third kappa shape index (κ3) is 3.65. The lowest BCUT2D eigenvalue weighted by Crippen LogP contribution is -2.07. The molecule has 0 bridgehead atoms. The molecular weight excluding hydrogens is 471 g/mol. The Balaban J connectivity index is 1.77. The van der Waals surface area contributed by atoms with Gasteiger partial charge in [0.05, 0.1) is 22.9 Å². The molecule has 4 aromatic rings. The fraction of sp³-hybridized carbons (Fsp3) is 0.176. The van der Waals surface area contributed by atoms with Crippen LogP contribution >= 0.6 is 28.1 Å². The number of aryl methyl sites for hydroxylation is 1. The number of alkyl halides is 3. The van der Waals surface area contributed by atoms with E-state index in [1.807, 2.05) is 30.3 Å². The lowest BCUT2D eigenvalue weighted by atomic mass is 10.2. The molecule has 0 saturated carbocycles. The summed E-state index contributed by atoms with van der Waals surface area (Å²) in [4.78, 5) is 0. The van der Waals surface area contributed by atoms with Gasteiger partial charge in [-0.25, -0.2) is 0 Å². The van der Waals surface area contributed by atoms with E-state index in [0.29, 0.717) is 12.2 Å². The van der Waals surface area contributed by atoms with E-state index in [-0.39, 0.29) is 20.8 Å². The molecule has 0 unspecified atom stereocenters. The van der Waals surface area contributed by atoms with Gasteiger partial charge in [0, 0.05) is 13.2 Å². The summed E-state index contributed by atoms with van der Waals surface area (Å²) in [7, 11) is 1.41. The molecule has 4 rings (SSSR count). The highest BCUT2D eigenvalue weighted by molar-refractivity contribution is 9.10. The van der Waals surface area contributed by atoms with Gasteiger partial charge in [0.25, 0.3) is 0 Å². The van der Waals surface area contributed by atoms with Crippen molar-refractivity contribution in [3.05, 3.63) is 63.2 Å². The van der Waals surface area contributed by atoms with Gasteiger partial charge in [-0.1, -0.05) is 30.3 Å². The Hall–Kier alpha value is -2.73. The minimum atomic E-state index is -4.60. The molecule has 3 heterocycles. The van der Waals surface area contributed by atoms with E-state index in [0.717, 1.165) is 10.2 Å². The summed E-state index contributed by atoms with van der Waals surface area (Å²) in [5.41, 5.74) is 0.731. The van der Waals surface area contributed by atoms with Gasteiger partial charge in [-0.3, -0.25) is 19.0 Å². The number of aromatic amines is 1. The Morgan fingerprint density at radius 2 is 1.93 bits per heavy atom. The number of nitrogens with one attached hydrogen (secondary N) is 1. The van der Waals surface area contributed by atoms with Crippen LogP contribution in [0.5, 0.6) is 0 Å². The number of H-pyrrole nitrogens is 1. The van der Waals surface area contributed by atoms with Crippen LogP contribution in [-0.2, 0) is 19.8 Å². The van der Waals surface area contributed by atoms with Crippen molar-refractivity contribution in [2.75, 3.05) is 0 Å². The SMILES string of the molecule is Cn1nc(C(F)(F)F)c(Br)c1-c1n[nH]c(=S)n1-c1cnn(Cc2ccccc2)c1. The first-order chi connectivity index (χ1) is 13.8. The first kappa shape index (κ1) is 19.6. The first-order valence-corrected chi connectivity index (χ1v) is 9.50. The van der Waals surface area contributed by atoms with Gasteiger partial charge in [-0.05, 0) is 33.7 Å². The Bertz CT molecular complexity index is 1220. The van der Waals surface area contributed by atoms with E-state index in [4.69, 9.17) is 12.2 Å². The van der Waals surface area contributed by atoms with Crippen LogP contribution in [0.3, 0.4) is 0 Å². The largest absolute Gasteiger partial charge is 0.436 e. The Kier molecular flexibility index (Phi) is 4.90. The van der Waals surface area contributed by atoms with Crippen LogP contribution in [0.1, 0.15) is 11.3 Å². The molecule has 12 heteroatoms. The molecule has 0 spiro atoms. The monoisotopic (exact) mass is 483 g/mol. The standard InChI is InChI=1S/C17H13BrF3N7S/c1-26-13(12(18)14(25-26)17(19,20)21)15-23-24-16(29)28(15)11-7-22-27(9-11)8-10-5-3-2-4-6-10/h2-7,9H,8H2,1H3,(H,24,29). The van der Waals surface area contributed by atoms with E-state index in [2.05, 4.69) is 36.3 Å². The van der Waals surface area contributed by atoms with Crippen LogP contribution in [0, 0.1) is 4.77 Å². The van der Waals surface area contributed by atoms with Crippen LogP contribution in [0.2, 0.25) is 0 Å². The van der Waals surface area contributed by atoms with Crippen LogP contribution < -0.4 is 0 Å². The third-order valence-electron chi connectivity index (χ3n) is 4.21. The molecule has 29 heavy (non-hydrogen) atoms. The highest BCUT2D eigenvalue weighted by Crippen LogP contribution is 2.39. The van der Waals surface area contributed by atoms with Crippen molar-refractivity contribution in [3.8, 4) is 17.2 Å². The van der Waals surface area contributed by atoms with Crippen molar-refractivity contribution >= 4 is 28.1 Å². The van der Waals surface area contributed by atoms with Gasteiger partial charge >= 0.3 is 6.18 Å². The summed E-state index contributed by atoms with van der Waals surface area (Å²) in [5.74, 6) is 0.187. The van der Waals surface area contributed by atoms with E-state index in [1.54, 1.807) is 17.1 Å². The maximum Gasteiger partial charge on any atom is 0.436 e. The normalized spacial score (nSPS) is 11.9. The molecule has 0 aliphatic heterocycles. The minimum absolute atomic E-state index is 0.139. The Morgan fingerprint density at radius 1 is 1.21 bits per heavy atom. The predicted molar refractivity (Wildman–Crippen MR) is 105 cm³/mol. The second-order valence-electron chi connectivity index (χ2n) is 6.20. The molecule has 150 valence electrons. The van der Waals surface area contributed by atoms with Crippen molar-refractivity contribution in [2.24, 2.45) is 7.05 Å². The molecule has 0 fully saturated rings. The highest BCUT2D eigenvalue weighted by Gasteiger charge is 2.39. The molecule has 0 saturated heterocycles. The molecule has 3 aromatic heterocycles. The zero-order valence-corrected chi connectivity index (χ0v) is 17.3. The third-order valence-corrected chi connectivity index (χ3v) is 5.23. The fourth-order valence-electron chi connectivity index (χ4n) is 2.94. The van der Waals surface area contributed by atoms with Gasteiger partial charge in [0.2, 0.25) is 0 Å². The molecule has 1 aromatic carbocycles. The molecule has 0 radical (unpaired) electrons. The van der Waals surface area contributed by atoms with Crippen molar-refractivity contribution in [2.45, 2.75) is 12.7 Å². The van der Waals surface area contributed by atoms with Crippen LogP contribution in [-0.4, -0.2) is 34.3 Å². The van der Waals surface area contributed by atoms with Gasteiger partial charge < -0.3 is 0 Å². The van der Waals surface area contributed by atoms with Crippen molar-refractivity contribution in [1.82, 2.24) is 34.3 Å². The lowest BCUT2D eigenvalue weighted by molar-refractivity contribution is -0.142. The average molecular weight is 484 g/mol. The first-order valence-electron chi connectivity index (χ1n) is 8.30. The summed E-state index contributed by atoms with van der Waals surface area (Å²) in [6.07, 6.45) is -1.28. The fourth-order valence-corrected chi connectivity index (χ4v) is 3.92. The second-order valence-corrected chi connectivity index (χ2v) is 7.38. The number of nitrogens with zero attached hydrogens (tertiary/aromatic N) is 6. The number of rotatable bonds is 4. The predicted octanol–water partition coefficient (Wildman–Crippen LogP) is 4.36. The minimum Gasteiger partial charge on any atom is -0.266 e. The van der Waals surface area contributed by atoms with Gasteiger partial charge in [-0.15, -0.1) is 0 Å². The highest BCUT2D eigenvalue weighted by atomic mass is 79.9. The Labute approximate surface area is 175 Å².